The molecule has 1 aliphatic rings. The third-order valence-electron chi connectivity index (χ3n) is 3.35. The van der Waals surface area contributed by atoms with Crippen LogP contribution in [-0.4, -0.2) is 36.7 Å². The lowest BCUT2D eigenvalue weighted by molar-refractivity contribution is 0.0907. The van der Waals surface area contributed by atoms with E-state index in [0.29, 0.717) is 18.2 Å². The number of anilines is 1. The average Bonchev–Trinajstić information content (AvgIpc) is 2.98. The third-order valence-corrected chi connectivity index (χ3v) is 3.35. The van der Waals surface area contributed by atoms with Crippen LogP contribution in [0, 0.1) is 0 Å². The van der Waals surface area contributed by atoms with E-state index < -0.39 is 0 Å². The fourth-order valence-corrected chi connectivity index (χ4v) is 2.24. The van der Waals surface area contributed by atoms with Gasteiger partial charge in [0, 0.05) is 31.5 Å². The monoisotopic (exact) mass is 277 g/mol. The van der Waals surface area contributed by atoms with Gasteiger partial charge in [-0.1, -0.05) is 6.92 Å². The van der Waals surface area contributed by atoms with Crippen molar-refractivity contribution in [1.82, 2.24) is 10.3 Å². The first-order chi connectivity index (χ1) is 9.79. The molecule has 1 unspecified atom stereocenters. The molecule has 1 fully saturated rings. The molecule has 1 aliphatic heterocycles. The van der Waals surface area contributed by atoms with Crippen LogP contribution in [0.25, 0.3) is 0 Å². The topological polar surface area (TPSA) is 63.2 Å². The van der Waals surface area contributed by atoms with Crippen molar-refractivity contribution < 1.29 is 9.53 Å². The molecule has 0 saturated carbocycles. The normalized spacial score (nSPS) is 17.9. The van der Waals surface area contributed by atoms with Gasteiger partial charge in [-0.15, -0.1) is 0 Å². The van der Waals surface area contributed by atoms with E-state index in [0.717, 1.165) is 44.7 Å². The number of rotatable bonds is 7. The number of aromatic nitrogens is 1. The molecule has 1 aromatic heterocycles. The molecule has 110 valence electrons. The summed E-state index contributed by atoms with van der Waals surface area (Å²) in [6, 6.07) is 3.52. The van der Waals surface area contributed by atoms with Crippen molar-refractivity contribution in [2.45, 2.75) is 38.7 Å². The third kappa shape index (κ3) is 4.49. The second-order valence-corrected chi connectivity index (χ2v) is 5.04. The van der Waals surface area contributed by atoms with E-state index in [4.69, 9.17) is 4.74 Å². The number of nitrogens with one attached hydrogen (secondary N) is 2. The van der Waals surface area contributed by atoms with Crippen LogP contribution in [0.5, 0.6) is 0 Å². The molecule has 0 bridgehead atoms. The first-order valence-electron chi connectivity index (χ1n) is 7.39. The summed E-state index contributed by atoms with van der Waals surface area (Å²) in [5.74, 6) is 0.698. The molecule has 5 nitrogen and oxygen atoms in total. The van der Waals surface area contributed by atoms with Crippen LogP contribution < -0.4 is 10.6 Å². The van der Waals surface area contributed by atoms with Crippen molar-refractivity contribution in [3.8, 4) is 0 Å². The number of hydrogen-bond donors (Lipinski definition) is 2. The first-order valence-corrected chi connectivity index (χ1v) is 7.39. The smallest absolute Gasteiger partial charge is 0.251 e. The van der Waals surface area contributed by atoms with E-state index in [1.54, 1.807) is 18.3 Å². The highest BCUT2D eigenvalue weighted by atomic mass is 16.5. The summed E-state index contributed by atoms with van der Waals surface area (Å²) in [6.45, 7) is 4.46. The standard InChI is InChI=1S/C15H23N3O2/c1-2-7-16-14-11-12(5-8-17-14)15(19)18-9-6-13-4-3-10-20-13/h5,8,11,13H,2-4,6-7,9-10H2,1H3,(H,16,17)(H,18,19). The number of hydrogen-bond acceptors (Lipinski definition) is 4. The molecule has 1 aromatic rings. The van der Waals surface area contributed by atoms with Gasteiger partial charge in [0.15, 0.2) is 0 Å². The summed E-state index contributed by atoms with van der Waals surface area (Å²) in [6.07, 6.45) is 6.13. The van der Waals surface area contributed by atoms with E-state index in [9.17, 15) is 4.79 Å². The molecule has 1 amide bonds. The fraction of sp³-hybridized carbons (Fsp3) is 0.600. The van der Waals surface area contributed by atoms with E-state index in [-0.39, 0.29) is 5.91 Å². The molecular weight excluding hydrogens is 254 g/mol. The Hall–Kier alpha value is -1.62. The summed E-state index contributed by atoms with van der Waals surface area (Å²) in [5, 5.41) is 6.11. The molecule has 20 heavy (non-hydrogen) atoms. The maximum Gasteiger partial charge on any atom is 0.251 e. The predicted octanol–water partition coefficient (Wildman–Crippen LogP) is 2.20. The van der Waals surface area contributed by atoms with E-state index in [2.05, 4.69) is 22.5 Å². The number of nitrogens with zero attached hydrogens (tertiary/aromatic N) is 1. The van der Waals surface area contributed by atoms with Crippen molar-refractivity contribution in [2.75, 3.05) is 25.0 Å². The Morgan fingerprint density at radius 3 is 3.15 bits per heavy atom. The van der Waals surface area contributed by atoms with E-state index in [1.807, 2.05) is 0 Å². The number of carbonyl (C=O) groups is 1. The molecule has 1 atom stereocenters. The Labute approximate surface area is 120 Å². The van der Waals surface area contributed by atoms with Crippen LogP contribution in [0.2, 0.25) is 0 Å². The SMILES string of the molecule is CCCNc1cc(C(=O)NCCC2CCCO2)ccn1. The number of ether oxygens (including phenoxy) is 1. The molecule has 0 spiro atoms. The summed E-state index contributed by atoms with van der Waals surface area (Å²) >= 11 is 0. The second kappa shape index (κ2) is 7.85. The Kier molecular flexibility index (Phi) is 5.80. The highest BCUT2D eigenvalue weighted by Gasteiger charge is 2.15. The zero-order chi connectivity index (χ0) is 14.2. The first kappa shape index (κ1) is 14.8. The molecule has 0 radical (unpaired) electrons. The van der Waals surface area contributed by atoms with Gasteiger partial charge < -0.3 is 15.4 Å². The molecule has 2 N–H and O–H groups in total. The fourth-order valence-electron chi connectivity index (χ4n) is 2.24. The molecule has 2 heterocycles. The van der Waals surface area contributed by atoms with Crippen LogP contribution in [0.1, 0.15) is 43.0 Å². The molecule has 2 rings (SSSR count). The maximum absolute atomic E-state index is 12.0. The lowest BCUT2D eigenvalue weighted by Gasteiger charge is -2.10. The van der Waals surface area contributed by atoms with E-state index in [1.165, 1.54) is 0 Å². The van der Waals surface area contributed by atoms with Crippen molar-refractivity contribution >= 4 is 11.7 Å². The minimum Gasteiger partial charge on any atom is -0.378 e. The van der Waals surface area contributed by atoms with Gasteiger partial charge in [-0.25, -0.2) is 4.98 Å². The van der Waals surface area contributed by atoms with Gasteiger partial charge in [0.25, 0.3) is 5.91 Å². The maximum atomic E-state index is 12.0. The van der Waals surface area contributed by atoms with Gasteiger partial charge >= 0.3 is 0 Å². The lowest BCUT2D eigenvalue weighted by Crippen LogP contribution is -2.27. The van der Waals surface area contributed by atoms with Crippen LogP contribution >= 0.6 is 0 Å². The predicted molar refractivity (Wildman–Crippen MR) is 78.9 cm³/mol. The van der Waals surface area contributed by atoms with Gasteiger partial charge in [0.2, 0.25) is 0 Å². The minimum atomic E-state index is -0.0510. The quantitative estimate of drug-likeness (QED) is 0.802. The van der Waals surface area contributed by atoms with Crippen molar-refractivity contribution in [1.29, 1.82) is 0 Å². The Bertz CT molecular complexity index is 431. The van der Waals surface area contributed by atoms with Crippen LogP contribution in [0.3, 0.4) is 0 Å². The van der Waals surface area contributed by atoms with Crippen molar-refractivity contribution in [3.05, 3.63) is 23.9 Å². The zero-order valence-electron chi connectivity index (χ0n) is 12.0. The summed E-state index contributed by atoms with van der Waals surface area (Å²) in [7, 11) is 0. The molecule has 0 aliphatic carbocycles. The summed E-state index contributed by atoms with van der Waals surface area (Å²) in [5.41, 5.74) is 0.644. The second-order valence-electron chi connectivity index (χ2n) is 5.04. The summed E-state index contributed by atoms with van der Waals surface area (Å²) in [4.78, 5) is 16.2. The highest BCUT2D eigenvalue weighted by molar-refractivity contribution is 5.94. The van der Waals surface area contributed by atoms with Crippen molar-refractivity contribution in [2.24, 2.45) is 0 Å². The number of pyridine rings is 1. The zero-order valence-corrected chi connectivity index (χ0v) is 12.0. The minimum absolute atomic E-state index is 0.0510. The van der Waals surface area contributed by atoms with E-state index >= 15 is 0 Å². The van der Waals surface area contributed by atoms with Gasteiger partial charge in [-0.05, 0) is 37.8 Å². The molecular formula is C15H23N3O2. The van der Waals surface area contributed by atoms with Crippen LogP contribution in [0.15, 0.2) is 18.3 Å². The Morgan fingerprint density at radius 2 is 2.40 bits per heavy atom. The van der Waals surface area contributed by atoms with Gasteiger partial charge in [0.05, 0.1) is 6.10 Å². The summed E-state index contributed by atoms with van der Waals surface area (Å²) < 4.78 is 5.53. The molecule has 1 saturated heterocycles. The van der Waals surface area contributed by atoms with Gasteiger partial charge in [-0.2, -0.15) is 0 Å². The van der Waals surface area contributed by atoms with Crippen LogP contribution in [0.4, 0.5) is 5.82 Å². The molecule has 0 aromatic carbocycles. The molecule has 5 heteroatoms. The largest absolute Gasteiger partial charge is 0.378 e. The average molecular weight is 277 g/mol. The number of amides is 1. The Balaban J connectivity index is 1.78. The highest BCUT2D eigenvalue weighted by Crippen LogP contribution is 2.14. The van der Waals surface area contributed by atoms with Crippen molar-refractivity contribution in [3.63, 3.8) is 0 Å². The Morgan fingerprint density at radius 1 is 1.50 bits per heavy atom. The lowest BCUT2D eigenvalue weighted by atomic mass is 10.2. The van der Waals surface area contributed by atoms with Gasteiger partial charge in [0.1, 0.15) is 5.82 Å². The number of carbonyl (C=O) groups excluding carboxylic acids is 1. The van der Waals surface area contributed by atoms with Gasteiger partial charge in [-0.3, -0.25) is 4.79 Å². The van der Waals surface area contributed by atoms with Crippen LogP contribution in [-0.2, 0) is 4.74 Å².